The predicted molar refractivity (Wildman–Crippen MR) is 105 cm³/mol. The van der Waals surface area contributed by atoms with Crippen LogP contribution in [0.4, 0.5) is 8.78 Å². The third-order valence-corrected chi connectivity index (χ3v) is 4.84. The molecule has 1 aliphatic rings. The lowest BCUT2D eigenvalue weighted by Crippen LogP contribution is -3.05. The van der Waals surface area contributed by atoms with Crippen molar-refractivity contribution in [2.75, 3.05) is 34.3 Å². The average molecular weight is 414 g/mol. The summed E-state index contributed by atoms with van der Waals surface area (Å²) in [7, 11) is 5.41. The van der Waals surface area contributed by atoms with Crippen molar-refractivity contribution in [2.45, 2.75) is 26.0 Å². The van der Waals surface area contributed by atoms with E-state index in [9.17, 15) is 13.6 Å². The number of esters is 1. The van der Waals surface area contributed by atoms with Gasteiger partial charge in [0, 0.05) is 24.2 Å². The molecule has 1 aliphatic heterocycles. The summed E-state index contributed by atoms with van der Waals surface area (Å²) in [5, 5.41) is 3.52. The van der Waals surface area contributed by atoms with Crippen molar-refractivity contribution in [3.63, 3.8) is 0 Å². The van der Waals surface area contributed by atoms with Crippen LogP contribution in [0.3, 0.4) is 0 Å². The lowest BCUT2D eigenvalue weighted by atomic mass is 9.94. The highest BCUT2D eigenvalue weighted by Gasteiger charge is 2.36. The minimum atomic E-state index is -2.98. The van der Waals surface area contributed by atoms with Crippen molar-refractivity contribution in [3.8, 4) is 5.75 Å². The Labute approximate surface area is 169 Å². The molecule has 0 amide bonds. The van der Waals surface area contributed by atoms with Gasteiger partial charge in [-0.25, -0.2) is 4.79 Å². The van der Waals surface area contributed by atoms with Crippen LogP contribution in [0.25, 0.3) is 0 Å². The topological polar surface area (TPSA) is 55.2 Å². The molecule has 0 saturated carbocycles. The summed E-state index contributed by atoms with van der Waals surface area (Å²) in [5.74, 6) is -0.566. The summed E-state index contributed by atoms with van der Waals surface area (Å²) < 4.78 is 35.3. The van der Waals surface area contributed by atoms with Crippen molar-refractivity contribution in [1.29, 1.82) is 0 Å². The lowest BCUT2D eigenvalue weighted by molar-refractivity contribution is -0.858. The van der Waals surface area contributed by atoms with Crippen molar-refractivity contribution < 1.29 is 27.9 Å². The maximum atomic E-state index is 12.8. The molecule has 2 rings (SSSR count). The molecule has 28 heavy (non-hydrogen) atoms. The summed E-state index contributed by atoms with van der Waals surface area (Å²) in [6.07, 6.45) is 0.867. The maximum Gasteiger partial charge on any atom is 0.387 e. The number of nitrogens with one attached hydrogen (secondary N) is 2. The number of carbonyl (C=O) groups excluding carboxylic acids is 1. The zero-order valence-electron chi connectivity index (χ0n) is 16.4. The fourth-order valence-corrected chi connectivity index (χ4v) is 3.52. The highest BCUT2D eigenvalue weighted by molar-refractivity contribution is 7.80. The Morgan fingerprint density at radius 3 is 2.64 bits per heavy atom. The van der Waals surface area contributed by atoms with Crippen LogP contribution in [0.15, 0.2) is 35.5 Å². The van der Waals surface area contributed by atoms with Crippen LogP contribution in [0, 0.1) is 0 Å². The molecule has 1 heterocycles. The van der Waals surface area contributed by atoms with Crippen LogP contribution in [0.1, 0.15) is 24.9 Å². The third-order valence-electron chi connectivity index (χ3n) is 4.51. The van der Waals surface area contributed by atoms with Gasteiger partial charge in [0.05, 0.1) is 39.4 Å². The second-order valence-corrected chi connectivity index (χ2v) is 7.14. The van der Waals surface area contributed by atoms with Crippen molar-refractivity contribution >= 4 is 23.3 Å². The van der Waals surface area contributed by atoms with Gasteiger partial charge in [-0.05, 0) is 25.2 Å². The second kappa shape index (κ2) is 9.79. The van der Waals surface area contributed by atoms with Gasteiger partial charge in [-0.3, -0.25) is 0 Å². The molecular weight excluding hydrogens is 388 g/mol. The monoisotopic (exact) mass is 414 g/mol. The largest absolute Gasteiger partial charge is 0.466 e. The number of quaternary nitrogens is 1. The molecule has 154 valence electrons. The Morgan fingerprint density at radius 1 is 1.36 bits per heavy atom. The number of benzene rings is 1. The smallest absolute Gasteiger partial charge is 0.387 e. The van der Waals surface area contributed by atoms with E-state index in [1.165, 1.54) is 18.1 Å². The molecule has 9 heteroatoms. The number of ether oxygens (including phenoxy) is 2. The van der Waals surface area contributed by atoms with Crippen LogP contribution >= 0.6 is 12.2 Å². The summed E-state index contributed by atoms with van der Waals surface area (Å²) in [6.45, 7) is 0.374. The number of allylic oxidation sites excluding steroid dienone is 1. The van der Waals surface area contributed by atoms with E-state index >= 15 is 0 Å². The molecule has 0 unspecified atom stereocenters. The molecule has 0 bridgehead atoms. The van der Waals surface area contributed by atoms with E-state index in [-0.39, 0.29) is 5.75 Å². The number of alkyl halides is 2. The first-order valence-corrected chi connectivity index (χ1v) is 9.37. The first-order valence-electron chi connectivity index (χ1n) is 8.96. The molecule has 0 aliphatic carbocycles. The van der Waals surface area contributed by atoms with Gasteiger partial charge in [0.25, 0.3) is 0 Å². The number of halogens is 2. The summed E-state index contributed by atoms with van der Waals surface area (Å²) in [5.41, 5.74) is 1.35. The first kappa shape index (κ1) is 22.0. The van der Waals surface area contributed by atoms with Gasteiger partial charge in [0.15, 0.2) is 5.11 Å². The van der Waals surface area contributed by atoms with E-state index in [4.69, 9.17) is 17.0 Å². The maximum absolute atomic E-state index is 12.8. The zero-order valence-corrected chi connectivity index (χ0v) is 17.2. The number of para-hydroxylation sites is 1. The Kier molecular flexibility index (Phi) is 7.70. The molecule has 0 fully saturated rings. The highest BCUT2D eigenvalue weighted by Crippen LogP contribution is 2.36. The van der Waals surface area contributed by atoms with Crippen molar-refractivity contribution in [1.82, 2.24) is 10.2 Å². The predicted octanol–water partition coefficient (Wildman–Crippen LogP) is 1.50. The highest BCUT2D eigenvalue weighted by atomic mass is 32.1. The summed E-state index contributed by atoms with van der Waals surface area (Å²) in [4.78, 5) is 15.7. The second-order valence-electron chi connectivity index (χ2n) is 6.75. The van der Waals surface area contributed by atoms with Gasteiger partial charge in [-0.1, -0.05) is 18.2 Å². The van der Waals surface area contributed by atoms with Gasteiger partial charge in [-0.15, -0.1) is 0 Å². The number of thiocarbonyl (C=S) groups is 1. The van der Waals surface area contributed by atoms with E-state index < -0.39 is 18.6 Å². The fraction of sp³-hybridized carbons (Fsp3) is 0.474. The van der Waals surface area contributed by atoms with Gasteiger partial charge >= 0.3 is 12.6 Å². The van der Waals surface area contributed by atoms with Crippen LogP contribution in [-0.4, -0.2) is 56.9 Å². The van der Waals surface area contributed by atoms with Crippen LogP contribution in [0.2, 0.25) is 0 Å². The molecule has 0 radical (unpaired) electrons. The molecule has 6 nitrogen and oxygen atoms in total. The van der Waals surface area contributed by atoms with E-state index in [0.29, 0.717) is 28.5 Å². The molecule has 1 aromatic carbocycles. The molecule has 0 aromatic heterocycles. The van der Waals surface area contributed by atoms with Gasteiger partial charge in [0.1, 0.15) is 5.75 Å². The number of hydrogen-bond acceptors (Lipinski definition) is 4. The molecule has 1 aromatic rings. The van der Waals surface area contributed by atoms with Crippen LogP contribution < -0.4 is 15.0 Å². The zero-order chi connectivity index (χ0) is 20.8. The third kappa shape index (κ3) is 5.17. The normalized spacial score (nSPS) is 17.2. The minimum Gasteiger partial charge on any atom is -0.466 e. The Balaban J connectivity index is 2.44. The Bertz CT molecular complexity index is 756. The Hall–Kier alpha value is -2.26. The summed E-state index contributed by atoms with van der Waals surface area (Å²) in [6, 6.07) is 5.59. The minimum absolute atomic E-state index is 0.0170. The Morgan fingerprint density at radius 2 is 2.04 bits per heavy atom. The number of carbonyl (C=O) groups is 1. The van der Waals surface area contributed by atoms with Crippen LogP contribution in [-0.2, 0) is 9.53 Å². The van der Waals surface area contributed by atoms with E-state index in [0.717, 1.165) is 13.0 Å². The number of nitrogens with zero attached hydrogens (tertiary/aromatic N) is 1. The van der Waals surface area contributed by atoms with E-state index in [1.807, 2.05) is 4.90 Å². The van der Waals surface area contributed by atoms with Gasteiger partial charge < -0.3 is 24.6 Å². The number of rotatable bonds is 8. The quantitative estimate of drug-likeness (QED) is 0.497. The number of hydrogen-bond donors (Lipinski definition) is 2. The first-order chi connectivity index (χ1) is 13.3. The average Bonchev–Trinajstić information content (AvgIpc) is 2.63. The fourth-order valence-electron chi connectivity index (χ4n) is 3.17. The number of methoxy groups -OCH3 is 1. The standard InChI is InChI=1S/C19H25F2N3O3S/c1-12-15(17(25)26-4)16(13-8-5-6-9-14(13)27-18(20)21)22-19(28)24(12)11-7-10-23(2)3/h5-6,8-9,16,18H,7,10-11H2,1-4H3,(H,22,28)/p+1/t16-/m0/s1. The van der Waals surface area contributed by atoms with E-state index in [2.05, 4.69) is 24.1 Å². The molecule has 0 spiro atoms. The van der Waals surface area contributed by atoms with Gasteiger partial charge in [0.2, 0.25) is 0 Å². The molecule has 2 N–H and O–H groups in total. The molecular formula is C19H26F2N3O3S+. The van der Waals surface area contributed by atoms with Crippen molar-refractivity contribution in [2.24, 2.45) is 0 Å². The van der Waals surface area contributed by atoms with Crippen molar-refractivity contribution in [3.05, 3.63) is 41.1 Å². The summed E-state index contributed by atoms with van der Waals surface area (Å²) >= 11 is 5.50. The molecule has 1 atom stereocenters. The SMILES string of the molecule is COC(=O)C1=C(C)N(CCC[NH+](C)C)C(=S)N[C@H]1c1ccccc1OC(F)F. The lowest BCUT2D eigenvalue weighted by Gasteiger charge is -2.37. The van der Waals surface area contributed by atoms with Crippen LogP contribution in [0.5, 0.6) is 5.75 Å². The van der Waals surface area contributed by atoms with Gasteiger partial charge in [-0.2, -0.15) is 8.78 Å². The molecule has 0 saturated heterocycles. The van der Waals surface area contributed by atoms with E-state index in [1.54, 1.807) is 25.1 Å².